The van der Waals surface area contributed by atoms with Gasteiger partial charge in [0.05, 0.1) is 30.4 Å². The second-order valence-electron chi connectivity index (χ2n) is 6.28. The van der Waals surface area contributed by atoms with Crippen molar-refractivity contribution in [3.63, 3.8) is 0 Å². The van der Waals surface area contributed by atoms with Crippen molar-refractivity contribution in [1.29, 1.82) is 0 Å². The van der Waals surface area contributed by atoms with Crippen LogP contribution in [0.1, 0.15) is 16.1 Å². The second kappa shape index (κ2) is 9.92. The molecular formula is C21H20N2O7S. The van der Waals surface area contributed by atoms with E-state index in [9.17, 15) is 18.0 Å². The molecule has 3 aromatic rings. The molecule has 0 saturated carbocycles. The number of nitrogens with one attached hydrogen (secondary N) is 2. The third kappa shape index (κ3) is 6.17. The fourth-order valence-electron chi connectivity index (χ4n) is 2.52. The quantitative estimate of drug-likeness (QED) is 0.486. The van der Waals surface area contributed by atoms with Gasteiger partial charge in [-0.05, 0) is 60.7 Å². The van der Waals surface area contributed by atoms with Crippen molar-refractivity contribution in [1.82, 2.24) is 4.72 Å². The number of sulfonamides is 1. The Morgan fingerprint density at radius 3 is 2.32 bits per heavy atom. The van der Waals surface area contributed by atoms with Gasteiger partial charge in [-0.25, -0.2) is 17.9 Å². The van der Waals surface area contributed by atoms with Gasteiger partial charge in [0.25, 0.3) is 5.91 Å². The molecule has 31 heavy (non-hydrogen) atoms. The van der Waals surface area contributed by atoms with Crippen molar-refractivity contribution in [2.45, 2.75) is 11.4 Å². The van der Waals surface area contributed by atoms with E-state index in [-0.39, 0.29) is 17.0 Å². The summed E-state index contributed by atoms with van der Waals surface area (Å²) >= 11 is 0. The molecule has 0 aliphatic heterocycles. The first kappa shape index (κ1) is 22.1. The van der Waals surface area contributed by atoms with Gasteiger partial charge in [-0.1, -0.05) is 0 Å². The SMILES string of the molecule is COc1ccc(NC(=O)COC(=O)c2ccc(S(=O)(=O)NCc3ccco3)cc2)cc1. The van der Waals surface area contributed by atoms with Gasteiger partial charge in [-0.3, -0.25) is 4.79 Å². The van der Waals surface area contributed by atoms with Crippen molar-refractivity contribution in [3.05, 3.63) is 78.3 Å². The summed E-state index contributed by atoms with van der Waals surface area (Å²) in [4.78, 5) is 24.1. The molecule has 0 fully saturated rings. The van der Waals surface area contributed by atoms with Crippen LogP contribution in [0.2, 0.25) is 0 Å². The Hall–Kier alpha value is -3.63. The lowest BCUT2D eigenvalue weighted by Gasteiger charge is -2.08. The van der Waals surface area contributed by atoms with Crippen molar-refractivity contribution in [2.24, 2.45) is 0 Å². The topological polar surface area (TPSA) is 124 Å². The molecule has 0 unspecified atom stereocenters. The molecule has 3 rings (SSSR count). The smallest absolute Gasteiger partial charge is 0.338 e. The third-order valence-electron chi connectivity index (χ3n) is 4.12. The normalized spacial score (nSPS) is 11.0. The molecule has 2 N–H and O–H groups in total. The van der Waals surface area contributed by atoms with E-state index in [1.807, 2.05) is 0 Å². The van der Waals surface area contributed by atoms with Gasteiger partial charge < -0.3 is 19.2 Å². The monoisotopic (exact) mass is 444 g/mol. The maximum atomic E-state index is 12.3. The Morgan fingerprint density at radius 2 is 1.71 bits per heavy atom. The summed E-state index contributed by atoms with van der Waals surface area (Å²) in [5, 5.41) is 2.59. The fourth-order valence-corrected chi connectivity index (χ4v) is 3.51. The van der Waals surface area contributed by atoms with E-state index < -0.39 is 28.5 Å². The zero-order valence-electron chi connectivity index (χ0n) is 16.5. The maximum absolute atomic E-state index is 12.3. The Bertz CT molecular complexity index is 1120. The van der Waals surface area contributed by atoms with Gasteiger partial charge in [0, 0.05) is 5.69 Å². The van der Waals surface area contributed by atoms with E-state index in [4.69, 9.17) is 13.9 Å². The van der Waals surface area contributed by atoms with Crippen molar-refractivity contribution < 1.29 is 31.9 Å². The molecule has 0 spiro atoms. The largest absolute Gasteiger partial charge is 0.497 e. The van der Waals surface area contributed by atoms with Gasteiger partial charge >= 0.3 is 5.97 Å². The Morgan fingerprint density at radius 1 is 1.00 bits per heavy atom. The van der Waals surface area contributed by atoms with Gasteiger partial charge in [-0.15, -0.1) is 0 Å². The molecule has 0 bridgehead atoms. The minimum absolute atomic E-state index is 0.00241. The standard InChI is InChI=1S/C21H20N2O7S/c1-28-17-8-6-16(7-9-17)23-20(24)14-30-21(25)15-4-10-19(11-5-15)31(26,27)22-13-18-3-2-12-29-18/h2-12,22H,13-14H2,1H3,(H,23,24). The van der Waals surface area contributed by atoms with Crippen LogP contribution in [0.25, 0.3) is 0 Å². The van der Waals surface area contributed by atoms with Gasteiger partial charge in [0.15, 0.2) is 6.61 Å². The summed E-state index contributed by atoms with van der Waals surface area (Å²) in [5.74, 6) is -0.153. The maximum Gasteiger partial charge on any atom is 0.338 e. The first-order valence-corrected chi connectivity index (χ1v) is 10.6. The zero-order chi connectivity index (χ0) is 22.3. The number of amides is 1. The highest BCUT2D eigenvalue weighted by molar-refractivity contribution is 7.89. The molecule has 1 heterocycles. The van der Waals surface area contributed by atoms with E-state index >= 15 is 0 Å². The predicted molar refractivity (Wildman–Crippen MR) is 111 cm³/mol. The number of rotatable bonds is 9. The average Bonchev–Trinajstić information content (AvgIpc) is 3.31. The molecule has 10 heteroatoms. The van der Waals surface area contributed by atoms with Gasteiger partial charge in [0.1, 0.15) is 11.5 Å². The Labute approximate surface area is 179 Å². The fraction of sp³-hybridized carbons (Fsp3) is 0.143. The number of ether oxygens (including phenoxy) is 2. The van der Waals surface area contributed by atoms with Gasteiger partial charge in [0.2, 0.25) is 10.0 Å². The molecule has 1 amide bonds. The van der Waals surface area contributed by atoms with Crippen LogP contribution < -0.4 is 14.8 Å². The van der Waals surface area contributed by atoms with E-state index in [1.54, 1.807) is 36.4 Å². The van der Waals surface area contributed by atoms with E-state index in [2.05, 4.69) is 10.0 Å². The highest BCUT2D eigenvalue weighted by Gasteiger charge is 2.16. The average molecular weight is 444 g/mol. The lowest BCUT2D eigenvalue weighted by atomic mass is 10.2. The summed E-state index contributed by atoms with van der Waals surface area (Å²) in [6.45, 7) is -0.488. The summed E-state index contributed by atoms with van der Waals surface area (Å²) in [6, 6.07) is 15.1. The van der Waals surface area contributed by atoms with Crippen LogP contribution in [0.4, 0.5) is 5.69 Å². The number of hydrogen-bond donors (Lipinski definition) is 2. The summed E-state index contributed by atoms with van der Waals surface area (Å²) in [5.41, 5.74) is 0.640. The minimum Gasteiger partial charge on any atom is -0.497 e. The number of methoxy groups -OCH3 is 1. The number of benzene rings is 2. The highest BCUT2D eigenvalue weighted by atomic mass is 32.2. The third-order valence-corrected chi connectivity index (χ3v) is 5.54. The van der Waals surface area contributed by atoms with Crippen LogP contribution in [-0.2, 0) is 26.1 Å². The molecule has 9 nitrogen and oxygen atoms in total. The van der Waals surface area contributed by atoms with Crippen LogP contribution in [0, 0.1) is 0 Å². The van der Waals surface area contributed by atoms with E-state index in [0.717, 1.165) is 0 Å². The van der Waals surface area contributed by atoms with Crippen LogP contribution in [-0.4, -0.2) is 34.0 Å². The summed E-state index contributed by atoms with van der Waals surface area (Å²) in [7, 11) is -2.25. The van der Waals surface area contributed by atoms with Crippen molar-refractivity contribution in [3.8, 4) is 5.75 Å². The first-order chi connectivity index (χ1) is 14.9. The molecule has 0 atom stereocenters. The number of esters is 1. The van der Waals surface area contributed by atoms with Crippen molar-refractivity contribution >= 4 is 27.6 Å². The van der Waals surface area contributed by atoms with Crippen LogP contribution >= 0.6 is 0 Å². The van der Waals surface area contributed by atoms with Crippen molar-refractivity contribution in [2.75, 3.05) is 19.0 Å². The molecule has 2 aromatic carbocycles. The predicted octanol–water partition coefficient (Wildman–Crippen LogP) is 2.56. The minimum atomic E-state index is -3.78. The Balaban J connectivity index is 1.51. The van der Waals surface area contributed by atoms with E-state index in [0.29, 0.717) is 17.2 Å². The number of anilines is 1. The van der Waals surface area contributed by atoms with Crippen LogP contribution in [0.5, 0.6) is 5.75 Å². The van der Waals surface area contributed by atoms with Crippen LogP contribution in [0.15, 0.2) is 76.2 Å². The summed E-state index contributed by atoms with van der Waals surface area (Å²) < 4.78 is 42.1. The molecule has 0 radical (unpaired) electrons. The van der Waals surface area contributed by atoms with Crippen LogP contribution in [0.3, 0.4) is 0 Å². The Kier molecular flexibility index (Phi) is 7.06. The lowest BCUT2D eigenvalue weighted by Crippen LogP contribution is -2.23. The number of carbonyl (C=O) groups excluding carboxylic acids is 2. The van der Waals surface area contributed by atoms with Gasteiger partial charge in [-0.2, -0.15) is 0 Å². The molecule has 0 aliphatic rings. The number of hydrogen-bond acceptors (Lipinski definition) is 7. The first-order valence-electron chi connectivity index (χ1n) is 9.10. The molecule has 162 valence electrons. The zero-order valence-corrected chi connectivity index (χ0v) is 17.3. The number of furan rings is 1. The molecule has 1 aromatic heterocycles. The second-order valence-corrected chi connectivity index (χ2v) is 8.05. The lowest BCUT2D eigenvalue weighted by molar-refractivity contribution is -0.119. The van der Waals surface area contributed by atoms with E-state index in [1.165, 1.54) is 37.6 Å². The highest BCUT2D eigenvalue weighted by Crippen LogP contribution is 2.15. The summed E-state index contributed by atoms with van der Waals surface area (Å²) in [6.07, 6.45) is 1.45. The number of carbonyl (C=O) groups is 2. The molecule has 0 saturated heterocycles. The molecule has 0 aliphatic carbocycles. The molecular weight excluding hydrogens is 424 g/mol.